The van der Waals surface area contributed by atoms with Crippen LogP contribution in [0.2, 0.25) is 0 Å². The van der Waals surface area contributed by atoms with Gasteiger partial charge in [-0.1, -0.05) is 36.4 Å². The molecule has 0 aliphatic rings. The predicted octanol–water partition coefficient (Wildman–Crippen LogP) is 4.21. The van der Waals surface area contributed by atoms with Gasteiger partial charge in [-0.05, 0) is 54.1 Å². The highest BCUT2D eigenvalue weighted by atomic mass is 16.5. The summed E-state index contributed by atoms with van der Waals surface area (Å²) in [5.41, 5.74) is 4.55. The zero-order valence-corrected chi connectivity index (χ0v) is 16.4. The third-order valence-electron chi connectivity index (χ3n) is 4.34. The Hall–Kier alpha value is -4.39. The van der Waals surface area contributed by atoms with Gasteiger partial charge in [-0.3, -0.25) is 9.59 Å². The van der Waals surface area contributed by atoms with E-state index in [1.807, 2.05) is 36.4 Å². The van der Waals surface area contributed by atoms with Gasteiger partial charge in [0.1, 0.15) is 11.3 Å². The van der Waals surface area contributed by atoms with Crippen LogP contribution in [0.25, 0.3) is 11.0 Å². The molecule has 4 rings (SSSR count). The molecule has 7 nitrogen and oxygen atoms in total. The normalized spacial score (nSPS) is 10.8. The van der Waals surface area contributed by atoms with Crippen molar-refractivity contribution in [3.8, 4) is 5.75 Å². The average Bonchev–Trinajstić information content (AvgIpc) is 3.24. The maximum absolute atomic E-state index is 12.2. The summed E-state index contributed by atoms with van der Waals surface area (Å²) >= 11 is 0. The summed E-state index contributed by atoms with van der Waals surface area (Å²) in [7, 11) is 0. The molecule has 154 valence electrons. The summed E-state index contributed by atoms with van der Waals surface area (Å²) in [6, 6.07) is 25.2. The first-order valence-corrected chi connectivity index (χ1v) is 9.57. The Kier molecular flexibility index (Phi) is 6.04. The van der Waals surface area contributed by atoms with Crippen LogP contribution in [0.3, 0.4) is 0 Å². The topological polar surface area (TPSA) is 92.9 Å². The number of rotatable bonds is 7. The molecule has 0 aliphatic carbocycles. The van der Waals surface area contributed by atoms with Gasteiger partial charge >= 0.3 is 5.91 Å². The number of para-hydroxylation sites is 2. The zero-order chi connectivity index (χ0) is 21.5. The number of nitrogens with one attached hydrogen (secondary N) is 2. The molecule has 31 heavy (non-hydrogen) atoms. The van der Waals surface area contributed by atoms with E-state index in [-0.39, 0.29) is 18.3 Å². The molecule has 2 N–H and O–H groups in total. The molecule has 1 aromatic heterocycles. The lowest BCUT2D eigenvalue weighted by Gasteiger charge is -2.07. The molecular formula is C24H19N3O4. The van der Waals surface area contributed by atoms with Crippen molar-refractivity contribution in [3.05, 3.63) is 96.3 Å². The van der Waals surface area contributed by atoms with Crippen LogP contribution in [0.15, 0.2) is 94.4 Å². The fraction of sp³-hybridized carbons (Fsp3) is 0.0417. The summed E-state index contributed by atoms with van der Waals surface area (Å²) in [5, 5.41) is 7.55. The number of hydrogen-bond acceptors (Lipinski definition) is 5. The number of carbonyl (C=O) groups excluding carboxylic acids is 2. The van der Waals surface area contributed by atoms with Crippen molar-refractivity contribution in [2.75, 3.05) is 11.9 Å². The molecule has 0 atom stereocenters. The number of ether oxygens (including phenoxy) is 1. The number of hydrogen-bond donors (Lipinski definition) is 2. The average molecular weight is 413 g/mol. The standard InChI is InChI=1S/C24H19N3O4/c28-23(26-19-7-2-1-3-8-19)16-30-20-12-10-17(11-13-20)15-25-27-24(29)22-14-18-6-4-5-9-21(18)31-22/h1-15H,16H2,(H,26,28)(H,27,29). The van der Waals surface area contributed by atoms with Crippen LogP contribution in [0.1, 0.15) is 16.1 Å². The quantitative estimate of drug-likeness (QED) is 0.351. The van der Waals surface area contributed by atoms with E-state index in [4.69, 9.17) is 9.15 Å². The van der Waals surface area contributed by atoms with E-state index in [0.29, 0.717) is 17.0 Å². The van der Waals surface area contributed by atoms with E-state index in [9.17, 15) is 9.59 Å². The summed E-state index contributed by atoms with van der Waals surface area (Å²) < 4.78 is 11.0. The molecule has 0 bridgehead atoms. The Labute approximate surface area is 178 Å². The number of carbonyl (C=O) groups is 2. The molecule has 0 saturated heterocycles. The van der Waals surface area contributed by atoms with Crippen LogP contribution < -0.4 is 15.5 Å². The number of nitrogens with zero attached hydrogens (tertiary/aromatic N) is 1. The number of fused-ring (bicyclic) bond motifs is 1. The van der Waals surface area contributed by atoms with Crippen molar-refractivity contribution in [1.29, 1.82) is 0 Å². The van der Waals surface area contributed by atoms with Crippen molar-refractivity contribution < 1.29 is 18.7 Å². The summed E-state index contributed by atoms with van der Waals surface area (Å²) in [5.74, 6) is 0.0597. The number of amides is 2. The lowest BCUT2D eigenvalue weighted by Crippen LogP contribution is -2.20. The van der Waals surface area contributed by atoms with Crippen LogP contribution in [-0.4, -0.2) is 24.6 Å². The molecular weight excluding hydrogens is 394 g/mol. The van der Waals surface area contributed by atoms with E-state index in [0.717, 1.165) is 10.9 Å². The molecule has 0 aliphatic heterocycles. The highest BCUT2D eigenvalue weighted by molar-refractivity contribution is 5.96. The van der Waals surface area contributed by atoms with Crippen LogP contribution in [-0.2, 0) is 4.79 Å². The van der Waals surface area contributed by atoms with Gasteiger partial charge in [0.2, 0.25) is 0 Å². The van der Waals surface area contributed by atoms with E-state index < -0.39 is 5.91 Å². The third kappa shape index (κ3) is 5.36. The smallest absolute Gasteiger partial charge is 0.307 e. The molecule has 0 fully saturated rings. The second kappa shape index (κ2) is 9.41. The van der Waals surface area contributed by atoms with E-state index >= 15 is 0 Å². The molecule has 7 heteroatoms. The Morgan fingerprint density at radius 1 is 0.935 bits per heavy atom. The monoisotopic (exact) mass is 413 g/mol. The number of furan rings is 1. The van der Waals surface area contributed by atoms with Crippen molar-refractivity contribution in [1.82, 2.24) is 5.43 Å². The number of benzene rings is 3. The molecule has 0 radical (unpaired) electrons. The first kappa shape index (κ1) is 19.9. The largest absolute Gasteiger partial charge is 0.484 e. The fourth-order valence-electron chi connectivity index (χ4n) is 2.83. The first-order valence-electron chi connectivity index (χ1n) is 9.57. The van der Waals surface area contributed by atoms with Gasteiger partial charge in [0, 0.05) is 11.1 Å². The zero-order valence-electron chi connectivity index (χ0n) is 16.4. The lowest BCUT2D eigenvalue weighted by atomic mass is 10.2. The third-order valence-corrected chi connectivity index (χ3v) is 4.34. The van der Waals surface area contributed by atoms with Crippen molar-refractivity contribution in [2.45, 2.75) is 0 Å². The molecule has 3 aromatic carbocycles. The number of anilines is 1. The van der Waals surface area contributed by atoms with Crippen molar-refractivity contribution in [2.24, 2.45) is 5.10 Å². The summed E-state index contributed by atoms with van der Waals surface area (Å²) in [4.78, 5) is 24.1. The highest BCUT2D eigenvalue weighted by Crippen LogP contribution is 2.18. The van der Waals surface area contributed by atoms with Crippen molar-refractivity contribution in [3.63, 3.8) is 0 Å². The second-order valence-electron chi connectivity index (χ2n) is 6.62. The van der Waals surface area contributed by atoms with Crippen LogP contribution in [0.4, 0.5) is 5.69 Å². The van der Waals surface area contributed by atoms with Crippen LogP contribution in [0.5, 0.6) is 5.75 Å². The van der Waals surface area contributed by atoms with E-state index in [1.54, 1.807) is 48.5 Å². The van der Waals surface area contributed by atoms with Gasteiger partial charge in [-0.15, -0.1) is 0 Å². The van der Waals surface area contributed by atoms with Gasteiger partial charge in [0.25, 0.3) is 5.91 Å². The van der Waals surface area contributed by atoms with Gasteiger partial charge in [0.15, 0.2) is 12.4 Å². The van der Waals surface area contributed by atoms with Gasteiger partial charge in [0.05, 0.1) is 6.21 Å². The molecule has 1 heterocycles. The van der Waals surface area contributed by atoms with Crippen LogP contribution in [0, 0.1) is 0 Å². The highest BCUT2D eigenvalue weighted by Gasteiger charge is 2.10. The SMILES string of the molecule is O=C(COc1ccc(C=NNC(=O)c2cc3ccccc3o2)cc1)Nc1ccccc1. The Morgan fingerprint density at radius 3 is 2.45 bits per heavy atom. The predicted molar refractivity (Wildman–Crippen MR) is 118 cm³/mol. The maximum atomic E-state index is 12.2. The Balaban J connectivity index is 1.26. The Morgan fingerprint density at radius 2 is 1.68 bits per heavy atom. The van der Waals surface area contributed by atoms with Gasteiger partial charge in [-0.25, -0.2) is 5.43 Å². The van der Waals surface area contributed by atoms with Gasteiger partial charge < -0.3 is 14.5 Å². The van der Waals surface area contributed by atoms with E-state index in [1.165, 1.54) is 6.21 Å². The fourth-order valence-corrected chi connectivity index (χ4v) is 2.83. The minimum atomic E-state index is -0.433. The minimum Gasteiger partial charge on any atom is -0.484 e. The molecule has 0 unspecified atom stereocenters. The van der Waals surface area contributed by atoms with Crippen molar-refractivity contribution >= 4 is 34.7 Å². The van der Waals surface area contributed by atoms with E-state index in [2.05, 4.69) is 15.8 Å². The van der Waals surface area contributed by atoms with Gasteiger partial charge in [-0.2, -0.15) is 5.10 Å². The second-order valence-corrected chi connectivity index (χ2v) is 6.62. The lowest BCUT2D eigenvalue weighted by molar-refractivity contribution is -0.118. The molecule has 0 spiro atoms. The molecule has 0 saturated carbocycles. The summed E-state index contributed by atoms with van der Waals surface area (Å²) in [6.45, 7) is -0.101. The van der Waals surface area contributed by atoms with Crippen LogP contribution >= 0.6 is 0 Å². The maximum Gasteiger partial charge on any atom is 0.307 e. The molecule has 4 aromatic rings. The number of hydrazone groups is 1. The summed E-state index contributed by atoms with van der Waals surface area (Å²) in [6.07, 6.45) is 1.51. The molecule has 2 amide bonds. The minimum absolute atomic E-state index is 0.101. The Bertz CT molecular complexity index is 1180. The first-order chi connectivity index (χ1) is 15.2.